The second kappa shape index (κ2) is 9.73. The van der Waals surface area contributed by atoms with Crippen molar-refractivity contribution in [3.8, 4) is 0 Å². The van der Waals surface area contributed by atoms with Gasteiger partial charge in [-0.2, -0.15) is 0 Å². The molecule has 152 valence electrons. The molecule has 0 aliphatic carbocycles. The van der Waals surface area contributed by atoms with E-state index in [0.717, 1.165) is 56.6 Å². The Morgan fingerprint density at radius 1 is 1.14 bits per heavy atom. The normalized spacial score (nSPS) is 17.0. The van der Waals surface area contributed by atoms with Gasteiger partial charge in [0.2, 0.25) is 5.89 Å². The van der Waals surface area contributed by atoms with Crippen molar-refractivity contribution in [2.24, 2.45) is 4.99 Å². The lowest BCUT2D eigenvalue weighted by molar-refractivity contribution is 0.127. The van der Waals surface area contributed by atoms with Crippen LogP contribution in [0.4, 0.5) is 0 Å². The van der Waals surface area contributed by atoms with E-state index in [0.29, 0.717) is 18.5 Å². The number of nitrogens with one attached hydrogen (secondary N) is 1. The first-order valence-corrected chi connectivity index (χ1v) is 10.4. The minimum Gasteiger partial charge on any atom is -0.444 e. The third-order valence-electron chi connectivity index (χ3n) is 5.40. The van der Waals surface area contributed by atoms with Gasteiger partial charge in [-0.1, -0.05) is 37.3 Å². The van der Waals surface area contributed by atoms with Crippen molar-refractivity contribution in [1.82, 2.24) is 20.1 Å². The molecule has 1 atom stereocenters. The minimum absolute atomic E-state index is 0.471. The number of benzene rings is 1. The molecule has 1 aliphatic rings. The Morgan fingerprint density at radius 3 is 2.43 bits per heavy atom. The Bertz CT molecular complexity index is 743. The van der Waals surface area contributed by atoms with E-state index in [1.54, 1.807) is 0 Å². The van der Waals surface area contributed by atoms with Crippen molar-refractivity contribution < 1.29 is 4.42 Å². The van der Waals surface area contributed by atoms with Crippen LogP contribution in [-0.2, 0) is 6.54 Å². The summed E-state index contributed by atoms with van der Waals surface area (Å²) in [5.74, 6) is 2.50. The maximum Gasteiger partial charge on any atom is 0.216 e. The zero-order valence-electron chi connectivity index (χ0n) is 17.6. The minimum atomic E-state index is 0.471. The van der Waals surface area contributed by atoms with Crippen molar-refractivity contribution in [3.05, 3.63) is 53.2 Å². The largest absolute Gasteiger partial charge is 0.444 e. The van der Waals surface area contributed by atoms with Gasteiger partial charge in [0.1, 0.15) is 12.3 Å². The van der Waals surface area contributed by atoms with E-state index in [9.17, 15) is 0 Å². The zero-order valence-corrected chi connectivity index (χ0v) is 17.6. The van der Waals surface area contributed by atoms with Gasteiger partial charge in [-0.3, -0.25) is 4.90 Å². The van der Waals surface area contributed by atoms with Crippen LogP contribution in [0, 0.1) is 13.8 Å². The molecule has 1 fully saturated rings. The van der Waals surface area contributed by atoms with Crippen molar-refractivity contribution in [1.29, 1.82) is 0 Å². The Kier molecular flexibility index (Phi) is 7.09. The van der Waals surface area contributed by atoms with Gasteiger partial charge in [-0.25, -0.2) is 9.98 Å². The van der Waals surface area contributed by atoms with Gasteiger partial charge in [0, 0.05) is 38.8 Å². The fourth-order valence-electron chi connectivity index (χ4n) is 3.80. The first kappa shape index (κ1) is 20.4. The summed E-state index contributed by atoms with van der Waals surface area (Å²) in [7, 11) is 0. The molecule has 1 saturated heterocycles. The quantitative estimate of drug-likeness (QED) is 0.611. The molecule has 0 spiro atoms. The zero-order chi connectivity index (χ0) is 19.9. The summed E-state index contributed by atoms with van der Waals surface area (Å²) in [6, 6.07) is 11.3. The lowest BCUT2D eigenvalue weighted by Gasteiger charge is -2.40. The average Bonchev–Trinajstić information content (AvgIpc) is 3.05. The van der Waals surface area contributed by atoms with Gasteiger partial charge in [-0.05, 0) is 32.8 Å². The van der Waals surface area contributed by atoms with Crippen LogP contribution in [0.3, 0.4) is 0 Å². The lowest BCUT2D eigenvalue weighted by Crippen LogP contribution is -2.53. The van der Waals surface area contributed by atoms with E-state index in [1.807, 2.05) is 13.8 Å². The number of rotatable bonds is 6. The summed E-state index contributed by atoms with van der Waals surface area (Å²) >= 11 is 0. The van der Waals surface area contributed by atoms with Crippen LogP contribution >= 0.6 is 0 Å². The standard InChI is InChI=1S/C22H33N5O/c1-5-20(19-10-8-7-9-11-19)26-12-14-27(15-13-26)22(23-6-2)24-16-21-25-17(3)18(4)28-21/h7-11,20H,5-6,12-16H2,1-4H3,(H,23,24). The first-order valence-electron chi connectivity index (χ1n) is 10.4. The molecular weight excluding hydrogens is 350 g/mol. The SMILES string of the molecule is CCNC(=NCc1nc(C)c(C)o1)N1CCN(C(CC)c2ccccc2)CC1. The van der Waals surface area contributed by atoms with Gasteiger partial charge >= 0.3 is 0 Å². The van der Waals surface area contributed by atoms with Crippen molar-refractivity contribution in [2.75, 3.05) is 32.7 Å². The first-order chi connectivity index (χ1) is 13.6. The molecule has 0 saturated carbocycles. The summed E-state index contributed by atoms with van der Waals surface area (Å²) in [4.78, 5) is 14.1. The third kappa shape index (κ3) is 4.93. The lowest BCUT2D eigenvalue weighted by atomic mass is 10.0. The van der Waals surface area contributed by atoms with E-state index < -0.39 is 0 Å². The molecule has 3 rings (SSSR count). The highest BCUT2D eigenvalue weighted by Gasteiger charge is 2.25. The van der Waals surface area contributed by atoms with Gasteiger partial charge in [0.05, 0.1) is 5.69 Å². The second-order valence-corrected chi connectivity index (χ2v) is 7.28. The Hall–Kier alpha value is -2.34. The van der Waals surface area contributed by atoms with Crippen molar-refractivity contribution in [2.45, 2.75) is 46.7 Å². The van der Waals surface area contributed by atoms with Gasteiger partial charge in [0.25, 0.3) is 0 Å². The van der Waals surface area contributed by atoms with Crippen molar-refractivity contribution in [3.63, 3.8) is 0 Å². The van der Waals surface area contributed by atoms with Crippen LogP contribution in [-0.4, -0.2) is 53.5 Å². The maximum atomic E-state index is 5.67. The number of hydrogen-bond donors (Lipinski definition) is 1. The average molecular weight is 384 g/mol. The third-order valence-corrected chi connectivity index (χ3v) is 5.40. The number of oxazole rings is 1. The van der Waals surface area contributed by atoms with Crippen LogP contribution < -0.4 is 5.32 Å². The molecule has 6 nitrogen and oxygen atoms in total. The van der Waals surface area contributed by atoms with Crippen LogP contribution in [0.2, 0.25) is 0 Å². The molecule has 1 aromatic heterocycles. The van der Waals surface area contributed by atoms with E-state index in [2.05, 4.69) is 64.3 Å². The van der Waals surface area contributed by atoms with E-state index in [-0.39, 0.29) is 0 Å². The number of aliphatic imine (C=N–C) groups is 1. The van der Waals surface area contributed by atoms with Crippen LogP contribution in [0.5, 0.6) is 0 Å². The molecule has 0 amide bonds. The maximum absolute atomic E-state index is 5.67. The molecule has 1 aliphatic heterocycles. The second-order valence-electron chi connectivity index (χ2n) is 7.28. The number of aromatic nitrogens is 1. The number of guanidine groups is 1. The highest BCUT2D eigenvalue weighted by atomic mass is 16.4. The molecular formula is C22H33N5O. The van der Waals surface area contributed by atoms with E-state index >= 15 is 0 Å². The summed E-state index contributed by atoms with van der Waals surface area (Å²) in [5.41, 5.74) is 2.35. The summed E-state index contributed by atoms with van der Waals surface area (Å²) in [6.07, 6.45) is 1.13. The van der Waals surface area contributed by atoms with Gasteiger partial charge in [-0.15, -0.1) is 0 Å². The highest BCUT2D eigenvalue weighted by molar-refractivity contribution is 5.80. The van der Waals surface area contributed by atoms with Gasteiger partial charge < -0.3 is 14.6 Å². The monoisotopic (exact) mass is 383 g/mol. The predicted molar refractivity (Wildman–Crippen MR) is 113 cm³/mol. The smallest absolute Gasteiger partial charge is 0.216 e. The molecule has 2 aromatic rings. The van der Waals surface area contributed by atoms with Crippen LogP contribution in [0.25, 0.3) is 0 Å². The Balaban J connectivity index is 1.62. The summed E-state index contributed by atoms with van der Waals surface area (Å²) in [5, 5.41) is 3.42. The number of nitrogens with zero attached hydrogens (tertiary/aromatic N) is 4. The summed E-state index contributed by atoms with van der Waals surface area (Å²) < 4.78 is 5.67. The molecule has 1 unspecified atom stereocenters. The molecule has 2 heterocycles. The Morgan fingerprint density at radius 2 is 1.86 bits per heavy atom. The van der Waals surface area contributed by atoms with Crippen LogP contribution in [0.1, 0.15) is 49.2 Å². The number of piperazine rings is 1. The molecule has 1 N–H and O–H groups in total. The van der Waals surface area contributed by atoms with Gasteiger partial charge in [0.15, 0.2) is 5.96 Å². The van der Waals surface area contributed by atoms with Crippen molar-refractivity contribution >= 4 is 5.96 Å². The fourth-order valence-corrected chi connectivity index (χ4v) is 3.80. The molecule has 6 heteroatoms. The molecule has 0 bridgehead atoms. The fraction of sp³-hybridized carbons (Fsp3) is 0.545. The summed E-state index contributed by atoms with van der Waals surface area (Å²) in [6.45, 7) is 13.6. The number of aryl methyl sites for hydroxylation is 2. The van der Waals surface area contributed by atoms with E-state index in [1.165, 1.54) is 5.56 Å². The Labute approximate surface area is 168 Å². The molecule has 28 heavy (non-hydrogen) atoms. The predicted octanol–water partition coefficient (Wildman–Crippen LogP) is 3.53. The molecule has 1 aromatic carbocycles. The number of hydrogen-bond acceptors (Lipinski definition) is 4. The van der Waals surface area contributed by atoms with E-state index in [4.69, 9.17) is 9.41 Å². The highest BCUT2D eigenvalue weighted by Crippen LogP contribution is 2.25. The van der Waals surface area contributed by atoms with Crippen LogP contribution in [0.15, 0.2) is 39.7 Å². The molecule has 0 radical (unpaired) electrons. The topological polar surface area (TPSA) is 56.9 Å².